The fourth-order valence-electron chi connectivity index (χ4n) is 3.33. The van der Waals surface area contributed by atoms with Gasteiger partial charge in [-0.15, -0.1) is 0 Å². The van der Waals surface area contributed by atoms with Gasteiger partial charge >= 0.3 is 6.61 Å². The number of rotatable bonds is 8. The number of halogens is 2. The maximum atomic E-state index is 13.0. The number of nitrogens with zero attached hydrogens (tertiary/aromatic N) is 2. The third-order valence-corrected chi connectivity index (χ3v) is 4.52. The van der Waals surface area contributed by atoms with Crippen LogP contribution < -0.4 is 20.7 Å². The number of nitrogens with two attached hydrogens (primary N) is 1. The van der Waals surface area contributed by atoms with E-state index < -0.39 is 18.6 Å². The van der Waals surface area contributed by atoms with Crippen molar-refractivity contribution >= 4 is 23.2 Å². The molecule has 0 saturated carbocycles. The number of amides is 2. The van der Waals surface area contributed by atoms with Crippen LogP contribution in [0.25, 0.3) is 0 Å². The summed E-state index contributed by atoms with van der Waals surface area (Å²) in [5, 5.41) is 2.63. The molecule has 0 radical (unpaired) electrons. The lowest BCUT2D eigenvalue weighted by Gasteiger charge is -2.32. The Morgan fingerprint density at radius 1 is 1.40 bits per heavy atom. The van der Waals surface area contributed by atoms with Crippen LogP contribution in [0, 0.1) is 5.41 Å². The predicted molar refractivity (Wildman–Crippen MR) is 110 cm³/mol. The molecule has 1 atom stereocenters. The molecule has 3 N–H and O–H groups in total. The SMILES string of the molecule is CN(CC(C)(C)C)[C@H](CN)C(=O)Nc1ccc(N2CCOCC2=O)cc1OC(F)F. The van der Waals surface area contributed by atoms with E-state index in [1.165, 1.54) is 17.0 Å². The number of likely N-dealkylation sites (N-methyl/N-ethyl adjacent to an activating group) is 1. The van der Waals surface area contributed by atoms with Gasteiger partial charge in [0.15, 0.2) is 5.75 Å². The topological polar surface area (TPSA) is 97.1 Å². The highest BCUT2D eigenvalue weighted by Crippen LogP contribution is 2.32. The van der Waals surface area contributed by atoms with Crippen LogP contribution in [0.4, 0.5) is 20.2 Å². The third-order valence-electron chi connectivity index (χ3n) is 4.52. The lowest BCUT2D eigenvalue weighted by atomic mass is 9.95. The molecule has 1 aromatic carbocycles. The molecule has 1 aliphatic rings. The summed E-state index contributed by atoms with van der Waals surface area (Å²) in [5.41, 5.74) is 6.20. The molecule has 1 saturated heterocycles. The second-order valence-corrected chi connectivity index (χ2v) is 8.37. The molecule has 1 heterocycles. The van der Waals surface area contributed by atoms with Crippen molar-refractivity contribution in [2.24, 2.45) is 11.1 Å². The minimum absolute atomic E-state index is 0.0568. The van der Waals surface area contributed by atoms with E-state index in [2.05, 4.69) is 10.1 Å². The van der Waals surface area contributed by atoms with Crippen molar-refractivity contribution in [1.29, 1.82) is 0 Å². The summed E-state index contributed by atoms with van der Waals surface area (Å²) in [5.74, 6) is -0.948. The lowest BCUT2D eigenvalue weighted by molar-refractivity contribution is -0.125. The molecule has 1 fully saturated rings. The molecule has 0 unspecified atom stereocenters. The van der Waals surface area contributed by atoms with E-state index in [0.29, 0.717) is 25.4 Å². The molecule has 2 rings (SSSR count). The van der Waals surface area contributed by atoms with Crippen LogP contribution in [-0.2, 0) is 14.3 Å². The van der Waals surface area contributed by atoms with Crippen molar-refractivity contribution < 1.29 is 27.8 Å². The zero-order chi connectivity index (χ0) is 22.5. The Bertz CT molecular complexity index is 755. The average molecular weight is 428 g/mol. The number of ether oxygens (including phenoxy) is 2. The molecular weight excluding hydrogens is 398 g/mol. The van der Waals surface area contributed by atoms with Gasteiger partial charge < -0.3 is 25.4 Å². The normalized spacial score (nSPS) is 16.2. The summed E-state index contributed by atoms with van der Waals surface area (Å²) in [6.45, 7) is 4.25. The zero-order valence-electron chi connectivity index (χ0n) is 17.8. The van der Waals surface area contributed by atoms with Gasteiger partial charge in [-0.2, -0.15) is 8.78 Å². The van der Waals surface area contributed by atoms with Gasteiger partial charge in [0.1, 0.15) is 12.6 Å². The van der Waals surface area contributed by atoms with Crippen LogP contribution in [0.15, 0.2) is 18.2 Å². The maximum Gasteiger partial charge on any atom is 0.387 e. The van der Waals surface area contributed by atoms with E-state index in [1.54, 1.807) is 13.1 Å². The standard InChI is InChI=1S/C20H30F2N4O4/c1-20(2,3)12-25(4)15(10-23)18(28)24-14-6-5-13(9-16(14)30-19(21)22)26-7-8-29-11-17(26)27/h5-6,9,15,19H,7-8,10-12,23H2,1-4H3,(H,24,28)/t15-/m1/s1. The van der Waals surface area contributed by atoms with Crippen molar-refractivity contribution in [3.8, 4) is 5.75 Å². The molecule has 8 nitrogen and oxygen atoms in total. The van der Waals surface area contributed by atoms with E-state index in [4.69, 9.17) is 10.5 Å². The van der Waals surface area contributed by atoms with Gasteiger partial charge in [0, 0.05) is 31.4 Å². The summed E-state index contributed by atoms with van der Waals surface area (Å²) in [7, 11) is 1.78. The Hall–Kier alpha value is -2.30. The monoisotopic (exact) mass is 428 g/mol. The van der Waals surface area contributed by atoms with Crippen LogP contribution in [-0.4, -0.2) is 69.3 Å². The number of anilines is 2. The first-order chi connectivity index (χ1) is 14.0. The molecule has 10 heteroatoms. The van der Waals surface area contributed by atoms with E-state index >= 15 is 0 Å². The van der Waals surface area contributed by atoms with Crippen molar-refractivity contribution in [2.75, 3.05) is 50.1 Å². The summed E-state index contributed by atoms with van der Waals surface area (Å²) in [4.78, 5) is 28.1. The first-order valence-electron chi connectivity index (χ1n) is 9.70. The highest BCUT2D eigenvalue weighted by Gasteiger charge is 2.27. The van der Waals surface area contributed by atoms with Crippen LogP contribution in [0.2, 0.25) is 0 Å². The zero-order valence-corrected chi connectivity index (χ0v) is 17.8. The Morgan fingerprint density at radius 2 is 2.10 bits per heavy atom. The van der Waals surface area contributed by atoms with Crippen LogP contribution in [0.3, 0.4) is 0 Å². The number of carbonyl (C=O) groups is 2. The highest BCUT2D eigenvalue weighted by molar-refractivity contribution is 5.98. The van der Waals surface area contributed by atoms with Crippen molar-refractivity contribution in [3.05, 3.63) is 18.2 Å². The molecule has 0 aromatic heterocycles. The fraction of sp³-hybridized carbons (Fsp3) is 0.600. The van der Waals surface area contributed by atoms with E-state index in [1.807, 2.05) is 25.7 Å². The molecule has 1 aromatic rings. The minimum atomic E-state index is -3.09. The number of nitrogens with one attached hydrogen (secondary N) is 1. The molecular formula is C20H30F2N4O4. The Morgan fingerprint density at radius 3 is 2.67 bits per heavy atom. The maximum absolute atomic E-state index is 13.0. The Kier molecular flexibility index (Phi) is 8.10. The minimum Gasteiger partial charge on any atom is -0.433 e. The number of hydrogen-bond acceptors (Lipinski definition) is 6. The predicted octanol–water partition coefficient (Wildman–Crippen LogP) is 1.89. The fourth-order valence-corrected chi connectivity index (χ4v) is 3.33. The summed E-state index contributed by atoms with van der Waals surface area (Å²) >= 11 is 0. The van der Waals surface area contributed by atoms with Crippen molar-refractivity contribution in [1.82, 2.24) is 4.90 Å². The van der Waals surface area contributed by atoms with Gasteiger partial charge in [0.25, 0.3) is 5.91 Å². The van der Waals surface area contributed by atoms with Crippen LogP contribution in [0.1, 0.15) is 20.8 Å². The van der Waals surface area contributed by atoms with Gasteiger partial charge in [-0.3, -0.25) is 14.5 Å². The number of morpholine rings is 1. The second-order valence-electron chi connectivity index (χ2n) is 8.37. The Labute approximate surface area is 175 Å². The number of carbonyl (C=O) groups excluding carboxylic acids is 2. The van der Waals surface area contributed by atoms with E-state index in [-0.39, 0.29) is 35.9 Å². The molecule has 0 spiro atoms. The summed E-state index contributed by atoms with van der Waals surface area (Å²) < 4.78 is 35.6. The summed E-state index contributed by atoms with van der Waals surface area (Å²) in [6.07, 6.45) is 0. The average Bonchev–Trinajstić information content (AvgIpc) is 2.62. The highest BCUT2D eigenvalue weighted by atomic mass is 19.3. The molecule has 0 bridgehead atoms. The molecule has 0 aliphatic carbocycles. The van der Waals surface area contributed by atoms with Gasteiger partial charge in [0.2, 0.25) is 5.91 Å². The number of alkyl halides is 2. The van der Waals surface area contributed by atoms with E-state index in [0.717, 1.165) is 0 Å². The molecule has 2 amide bonds. The smallest absolute Gasteiger partial charge is 0.387 e. The quantitative estimate of drug-likeness (QED) is 0.657. The van der Waals surface area contributed by atoms with Gasteiger partial charge in [-0.25, -0.2) is 0 Å². The molecule has 168 valence electrons. The molecule has 1 aliphatic heterocycles. The number of hydrogen-bond donors (Lipinski definition) is 2. The van der Waals surface area contributed by atoms with Crippen molar-refractivity contribution in [3.63, 3.8) is 0 Å². The van der Waals surface area contributed by atoms with Crippen LogP contribution >= 0.6 is 0 Å². The van der Waals surface area contributed by atoms with Crippen LogP contribution in [0.5, 0.6) is 5.75 Å². The second kappa shape index (κ2) is 10.1. The van der Waals surface area contributed by atoms with E-state index in [9.17, 15) is 18.4 Å². The largest absolute Gasteiger partial charge is 0.433 e. The first-order valence-corrected chi connectivity index (χ1v) is 9.70. The van der Waals surface area contributed by atoms with Crippen molar-refractivity contribution in [2.45, 2.75) is 33.4 Å². The third kappa shape index (κ3) is 6.61. The number of benzene rings is 1. The first kappa shape index (κ1) is 24.0. The van der Waals surface area contributed by atoms with Gasteiger partial charge in [0.05, 0.1) is 12.3 Å². The molecule has 30 heavy (non-hydrogen) atoms. The Balaban J connectivity index is 2.24. The lowest BCUT2D eigenvalue weighted by Crippen LogP contribution is -2.49. The van der Waals surface area contributed by atoms with Gasteiger partial charge in [-0.05, 0) is 24.6 Å². The summed E-state index contributed by atoms with van der Waals surface area (Å²) in [6, 6.07) is 3.66. The van der Waals surface area contributed by atoms with Gasteiger partial charge in [-0.1, -0.05) is 20.8 Å².